The fourth-order valence-corrected chi connectivity index (χ4v) is 2.88. The molecule has 10 heteroatoms. The predicted octanol–water partition coefficient (Wildman–Crippen LogP) is 2.59. The van der Waals surface area contributed by atoms with Gasteiger partial charge in [-0.2, -0.15) is 4.68 Å². The van der Waals surface area contributed by atoms with Gasteiger partial charge in [0.15, 0.2) is 0 Å². The number of aromatic nitrogens is 4. The van der Waals surface area contributed by atoms with Crippen LogP contribution in [0.4, 0.5) is 0 Å². The number of rotatable bonds is 8. The SMILES string of the molecule is CCC(=CC(CSc1nnnn1-c1ccccc1)=NO)C(C)[N+](=O)[O-]. The highest BCUT2D eigenvalue weighted by Crippen LogP contribution is 2.19. The van der Waals surface area contributed by atoms with Crippen LogP contribution in [0.1, 0.15) is 20.3 Å². The number of benzene rings is 1. The molecule has 1 unspecified atom stereocenters. The maximum atomic E-state index is 10.9. The van der Waals surface area contributed by atoms with Crippen molar-refractivity contribution in [1.29, 1.82) is 0 Å². The molecule has 1 heterocycles. The largest absolute Gasteiger partial charge is 0.411 e. The quantitative estimate of drug-likeness (QED) is 0.252. The van der Waals surface area contributed by atoms with Crippen molar-refractivity contribution in [1.82, 2.24) is 20.2 Å². The van der Waals surface area contributed by atoms with Gasteiger partial charge in [-0.25, -0.2) is 0 Å². The van der Waals surface area contributed by atoms with Gasteiger partial charge in [0.2, 0.25) is 11.2 Å². The van der Waals surface area contributed by atoms with Gasteiger partial charge >= 0.3 is 0 Å². The van der Waals surface area contributed by atoms with E-state index in [0.717, 1.165) is 5.69 Å². The Bertz CT molecular complexity index is 775. The van der Waals surface area contributed by atoms with Gasteiger partial charge in [0.05, 0.1) is 11.4 Å². The molecule has 2 rings (SSSR count). The molecule has 0 fully saturated rings. The highest BCUT2D eigenvalue weighted by molar-refractivity contribution is 7.99. The number of para-hydroxylation sites is 1. The van der Waals surface area contributed by atoms with E-state index in [0.29, 0.717) is 22.9 Å². The number of thioether (sulfide) groups is 1. The molecule has 0 saturated heterocycles. The van der Waals surface area contributed by atoms with Crippen molar-refractivity contribution in [2.45, 2.75) is 31.5 Å². The first kappa shape index (κ1) is 18.6. The zero-order valence-electron chi connectivity index (χ0n) is 13.8. The number of hydrogen-bond donors (Lipinski definition) is 1. The zero-order chi connectivity index (χ0) is 18.2. The minimum absolute atomic E-state index is 0.275. The van der Waals surface area contributed by atoms with Gasteiger partial charge in [-0.3, -0.25) is 10.1 Å². The van der Waals surface area contributed by atoms with Gasteiger partial charge in [0, 0.05) is 23.2 Å². The fourth-order valence-electron chi connectivity index (χ4n) is 2.11. The first-order valence-corrected chi connectivity index (χ1v) is 8.56. The number of oxime groups is 1. The number of hydrogen-bond acceptors (Lipinski definition) is 8. The van der Waals surface area contributed by atoms with Crippen LogP contribution in [-0.4, -0.2) is 47.8 Å². The Hall–Kier alpha value is -2.75. The van der Waals surface area contributed by atoms with E-state index in [1.54, 1.807) is 10.8 Å². The summed E-state index contributed by atoms with van der Waals surface area (Å²) < 4.78 is 1.57. The minimum atomic E-state index is -0.832. The average Bonchev–Trinajstić information content (AvgIpc) is 3.10. The third-order valence-electron chi connectivity index (χ3n) is 3.53. The smallest absolute Gasteiger partial charge is 0.231 e. The van der Waals surface area contributed by atoms with Gasteiger partial charge in [-0.1, -0.05) is 42.0 Å². The summed E-state index contributed by atoms with van der Waals surface area (Å²) in [5.74, 6) is 0.275. The minimum Gasteiger partial charge on any atom is -0.411 e. The monoisotopic (exact) mass is 362 g/mol. The summed E-state index contributed by atoms with van der Waals surface area (Å²) in [4.78, 5) is 10.6. The fraction of sp³-hybridized carbons (Fsp3) is 0.333. The van der Waals surface area contributed by atoms with Crippen molar-refractivity contribution >= 4 is 17.5 Å². The number of tetrazole rings is 1. The van der Waals surface area contributed by atoms with E-state index in [2.05, 4.69) is 20.7 Å². The molecule has 0 aliphatic carbocycles. The molecule has 132 valence electrons. The molecule has 0 amide bonds. The molecule has 0 aliphatic rings. The molecule has 9 nitrogen and oxygen atoms in total. The summed E-state index contributed by atoms with van der Waals surface area (Å²) in [6.45, 7) is 3.33. The third kappa shape index (κ3) is 4.86. The van der Waals surface area contributed by atoms with Crippen LogP contribution in [0.15, 0.2) is 52.3 Å². The van der Waals surface area contributed by atoms with Crippen LogP contribution in [0.5, 0.6) is 0 Å². The molecular formula is C15H18N6O3S. The average molecular weight is 362 g/mol. The second kappa shape index (κ2) is 8.92. The first-order chi connectivity index (χ1) is 12.1. The van der Waals surface area contributed by atoms with Crippen molar-refractivity contribution in [3.05, 3.63) is 52.1 Å². The van der Waals surface area contributed by atoms with E-state index >= 15 is 0 Å². The summed E-state index contributed by atoms with van der Waals surface area (Å²) in [5.41, 5.74) is 1.71. The number of allylic oxidation sites excluding steroid dienone is 1. The maximum Gasteiger partial charge on any atom is 0.231 e. The molecule has 0 radical (unpaired) electrons. The molecular weight excluding hydrogens is 344 g/mol. The van der Waals surface area contributed by atoms with Crippen LogP contribution in [0.3, 0.4) is 0 Å². The van der Waals surface area contributed by atoms with Crippen LogP contribution < -0.4 is 0 Å². The van der Waals surface area contributed by atoms with Gasteiger partial charge in [-0.15, -0.1) is 5.10 Å². The summed E-state index contributed by atoms with van der Waals surface area (Å²) in [6, 6.07) is 8.55. The first-order valence-electron chi connectivity index (χ1n) is 7.58. The molecule has 0 bridgehead atoms. The van der Waals surface area contributed by atoms with Crippen molar-refractivity contribution in [2.75, 3.05) is 5.75 Å². The highest BCUT2D eigenvalue weighted by Gasteiger charge is 2.19. The van der Waals surface area contributed by atoms with Crippen molar-refractivity contribution in [3.63, 3.8) is 0 Å². The van der Waals surface area contributed by atoms with Crippen molar-refractivity contribution in [2.24, 2.45) is 5.16 Å². The van der Waals surface area contributed by atoms with Crippen LogP contribution >= 0.6 is 11.8 Å². The topological polar surface area (TPSA) is 119 Å². The Kier molecular flexibility index (Phi) is 6.63. The lowest BCUT2D eigenvalue weighted by atomic mass is 10.1. The van der Waals surface area contributed by atoms with Crippen LogP contribution in [0.2, 0.25) is 0 Å². The predicted molar refractivity (Wildman–Crippen MR) is 93.9 cm³/mol. The Morgan fingerprint density at radius 1 is 1.48 bits per heavy atom. The van der Waals surface area contributed by atoms with Gasteiger partial charge in [0.25, 0.3) is 0 Å². The van der Waals surface area contributed by atoms with Crippen LogP contribution in [-0.2, 0) is 0 Å². The Balaban J connectivity index is 2.12. The molecule has 1 atom stereocenters. The van der Waals surface area contributed by atoms with E-state index in [-0.39, 0.29) is 10.7 Å². The summed E-state index contributed by atoms with van der Waals surface area (Å²) in [6.07, 6.45) is 2.05. The highest BCUT2D eigenvalue weighted by atomic mass is 32.2. The lowest BCUT2D eigenvalue weighted by Gasteiger charge is -2.08. The lowest BCUT2D eigenvalue weighted by molar-refractivity contribution is -0.507. The summed E-state index contributed by atoms with van der Waals surface area (Å²) in [7, 11) is 0. The second-order valence-electron chi connectivity index (χ2n) is 5.12. The Morgan fingerprint density at radius 2 is 2.20 bits per heavy atom. The molecule has 0 aliphatic heterocycles. The van der Waals surface area contributed by atoms with Crippen molar-refractivity contribution in [3.8, 4) is 5.69 Å². The molecule has 1 N–H and O–H groups in total. The number of nitrogens with zero attached hydrogens (tertiary/aromatic N) is 6. The van der Waals surface area contributed by atoms with E-state index in [1.165, 1.54) is 18.7 Å². The molecule has 0 saturated carbocycles. The van der Waals surface area contributed by atoms with E-state index in [1.807, 2.05) is 37.3 Å². The van der Waals surface area contributed by atoms with E-state index in [9.17, 15) is 15.3 Å². The normalized spacial score (nSPS) is 13.7. The van der Waals surface area contributed by atoms with Gasteiger partial charge in [-0.05, 0) is 35.1 Å². The maximum absolute atomic E-state index is 10.9. The van der Waals surface area contributed by atoms with Gasteiger partial charge in [0.1, 0.15) is 0 Å². The van der Waals surface area contributed by atoms with Crippen molar-refractivity contribution < 1.29 is 10.1 Å². The van der Waals surface area contributed by atoms with E-state index in [4.69, 9.17) is 0 Å². The molecule has 2 aromatic rings. The zero-order valence-corrected chi connectivity index (χ0v) is 14.6. The molecule has 1 aromatic carbocycles. The summed E-state index contributed by atoms with van der Waals surface area (Å²) in [5, 5.41) is 35.5. The second-order valence-corrected chi connectivity index (χ2v) is 6.07. The molecule has 25 heavy (non-hydrogen) atoms. The third-order valence-corrected chi connectivity index (χ3v) is 4.49. The van der Waals surface area contributed by atoms with Gasteiger partial charge < -0.3 is 5.21 Å². The van der Waals surface area contributed by atoms with Crippen LogP contribution in [0.25, 0.3) is 5.69 Å². The molecule has 1 aromatic heterocycles. The van der Waals surface area contributed by atoms with Crippen LogP contribution in [0, 0.1) is 10.1 Å². The number of nitro groups is 1. The molecule has 0 spiro atoms. The Labute approximate surface area is 148 Å². The Morgan fingerprint density at radius 3 is 2.80 bits per heavy atom. The lowest BCUT2D eigenvalue weighted by Crippen LogP contribution is -2.18. The summed E-state index contributed by atoms with van der Waals surface area (Å²) >= 11 is 1.28. The standard InChI is InChI=1S/C15H18N6O3S/c1-3-12(11(2)21(23)24)9-13(17-22)10-25-15-16-18-19-20(15)14-7-5-4-6-8-14/h4-9,11,22H,3,10H2,1-2H3. The van der Waals surface area contributed by atoms with E-state index < -0.39 is 6.04 Å².